The Morgan fingerprint density at radius 3 is 2.33 bits per heavy atom. The van der Waals surface area contributed by atoms with Gasteiger partial charge < -0.3 is 9.47 Å². The predicted octanol–water partition coefficient (Wildman–Crippen LogP) is 2.93. The smallest absolute Gasteiger partial charge is 0.119 e. The second kappa shape index (κ2) is 9.13. The minimum Gasteiger partial charge on any atom is -0.489 e. The van der Waals surface area contributed by atoms with Crippen molar-refractivity contribution < 1.29 is 14.3 Å². The number of ether oxygens (including phenoxy) is 2. The topological polar surface area (TPSA) is 39.7 Å². The number of nitrogens with one attached hydrogen (secondary N) is 1. The number of benzene rings is 2. The van der Waals surface area contributed by atoms with Crippen LogP contribution < -0.4 is 10.2 Å². The van der Waals surface area contributed by atoms with E-state index in [1.54, 1.807) is 7.11 Å². The molecule has 0 aliphatic heterocycles. The van der Waals surface area contributed by atoms with Crippen molar-refractivity contribution >= 4 is 0 Å². The van der Waals surface area contributed by atoms with Crippen molar-refractivity contribution in [3.63, 3.8) is 0 Å². The summed E-state index contributed by atoms with van der Waals surface area (Å²) in [5, 5.41) is 0. The summed E-state index contributed by atoms with van der Waals surface area (Å²) in [5.74, 6) is 0.864. The van der Waals surface area contributed by atoms with Gasteiger partial charge in [0.2, 0.25) is 0 Å². The molecule has 4 nitrogen and oxygen atoms in total. The van der Waals surface area contributed by atoms with Crippen LogP contribution in [0.2, 0.25) is 0 Å². The molecule has 21 heavy (non-hydrogen) atoms. The standard InChI is InChI=1S/C17H21NO3/c1-19-11-12-21-18-13-15-7-9-17(10-8-15)20-14-16-5-3-2-4-6-16/h2-10,18H,11-14H2,1H3. The molecule has 0 radical (unpaired) electrons. The van der Waals surface area contributed by atoms with E-state index in [1.165, 1.54) is 0 Å². The molecule has 0 spiro atoms. The summed E-state index contributed by atoms with van der Waals surface area (Å²) in [6.07, 6.45) is 0. The SMILES string of the molecule is COCCONCc1ccc(OCc2ccccc2)cc1. The maximum absolute atomic E-state index is 5.74. The number of methoxy groups -OCH3 is 1. The summed E-state index contributed by atoms with van der Waals surface area (Å²) in [4.78, 5) is 5.21. The summed E-state index contributed by atoms with van der Waals surface area (Å²) >= 11 is 0. The highest BCUT2D eigenvalue weighted by molar-refractivity contribution is 5.27. The minimum absolute atomic E-state index is 0.536. The zero-order valence-corrected chi connectivity index (χ0v) is 12.2. The van der Waals surface area contributed by atoms with Gasteiger partial charge in [-0.05, 0) is 23.3 Å². The monoisotopic (exact) mass is 287 g/mol. The van der Waals surface area contributed by atoms with Crippen LogP contribution in [0.1, 0.15) is 11.1 Å². The molecule has 1 N–H and O–H groups in total. The number of hydroxylamine groups is 1. The Morgan fingerprint density at radius 1 is 0.857 bits per heavy atom. The molecular formula is C17H21NO3. The van der Waals surface area contributed by atoms with Crippen LogP contribution >= 0.6 is 0 Å². The van der Waals surface area contributed by atoms with Crippen molar-refractivity contribution in [2.24, 2.45) is 0 Å². The molecule has 0 bridgehead atoms. The van der Waals surface area contributed by atoms with Crippen molar-refractivity contribution in [2.75, 3.05) is 20.3 Å². The summed E-state index contributed by atoms with van der Waals surface area (Å²) in [6, 6.07) is 18.1. The van der Waals surface area contributed by atoms with E-state index in [0.717, 1.165) is 16.9 Å². The van der Waals surface area contributed by atoms with Crippen molar-refractivity contribution in [1.29, 1.82) is 0 Å². The van der Waals surface area contributed by atoms with Crippen molar-refractivity contribution in [2.45, 2.75) is 13.2 Å². The maximum Gasteiger partial charge on any atom is 0.119 e. The van der Waals surface area contributed by atoms with E-state index in [0.29, 0.717) is 26.4 Å². The second-order valence-electron chi connectivity index (χ2n) is 4.58. The Balaban J connectivity index is 1.71. The number of hydrogen-bond donors (Lipinski definition) is 1. The average molecular weight is 287 g/mol. The van der Waals surface area contributed by atoms with Crippen molar-refractivity contribution in [1.82, 2.24) is 5.48 Å². The molecule has 0 saturated heterocycles. The molecule has 0 unspecified atom stereocenters. The molecule has 112 valence electrons. The lowest BCUT2D eigenvalue weighted by atomic mass is 10.2. The lowest BCUT2D eigenvalue weighted by molar-refractivity contribution is 0.00346. The van der Waals surface area contributed by atoms with Crippen LogP contribution in [0, 0.1) is 0 Å². The molecule has 0 saturated carbocycles. The molecule has 0 aliphatic rings. The Morgan fingerprint density at radius 2 is 1.62 bits per heavy atom. The highest BCUT2D eigenvalue weighted by Gasteiger charge is 1.97. The van der Waals surface area contributed by atoms with Gasteiger partial charge in [0.15, 0.2) is 0 Å². The van der Waals surface area contributed by atoms with Crippen molar-refractivity contribution in [3.8, 4) is 5.75 Å². The first-order valence-electron chi connectivity index (χ1n) is 6.98. The van der Waals surface area contributed by atoms with Crippen LogP contribution in [0.25, 0.3) is 0 Å². The van der Waals surface area contributed by atoms with Crippen LogP contribution in [-0.4, -0.2) is 20.3 Å². The maximum atomic E-state index is 5.74. The van der Waals surface area contributed by atoms with E-state index in [-0.39, 0.29) is 0 Å². The molecule has 2 aromatic carbocycles. The highest BCUT2D eigenvalue weighted by Crippen LogP contribution is 2.14. The zero-order valence-electron chi connectivity index (χ0n) is 12.2. The second-order valence-corrected chi connectivity index (χ2v) is 4.58. The first kappa shape index (κ1) is 15.5. The third kappa shape index (κ3) is 5.95. The Labute approximate surface area is 125 Å². The normalized spacial score (nSPS) is 10.5. The molecule has 4 heteroatoms. The molecule has 0 amide bonds. The lowest BCUT2D eigenvalue weighted by Gasteiger charge is -2.08. The molecule has 2 aromatic rings. The van der Waals surface area contributed by atoms with E-state index in [2.05, 4.69) is 17.6 Å². The van der Waals surface area contributed by atoms with E-state index in [4.69, 9.17) is 14.3 Å². The van der Waals surface area contributed by atoms with Gasteiger partial charge in [0.05, 0.1) is 13.2 Å². The fourth-order valence-corrected chi connectivity index (χ4v) is 1.78. The summed E-state index contributed by atoms with van der Waals surface area (Å²) in [6.45, 7) is 2.36. The van der Waals surface area contributed by atoms with Gasteiger partial charge in [-0.3, -0.25) is 4.84 Å². The number of rotatable bonds is 9. The average Bonchev–Trinajstić information content (AvgIpc) is 2.55. The molecule has 0 aromatic heterocycles. The van der Waals surface area contributed by atoms with E-state index < -0.39 is 0 Å². The first-order chi connectivity index (χ1) is 10.4. The first-order valence-corrected chi connectivity index (χ1v) is 6.98. The van der Waals surface area contributed by atoms with E-state index >= 15 is 0 Å². The van der Waals surface area contributed by atoms with Gasteiger partial charge in [-0.2, -0.15) is 5.48 Å². The molecular weight excluding hydrogens is 266 g/mol. The quantitative estimate of drug-likeness (QED) is 0.568. The van der Waals surface area contributed by atoms with Crippen LogP contribution in [-0.2, 0) is 22.7 Å². The van der Waals surface area contributed by atoms with Crippen molar-refractivity contribution in [3.05, 3.63) is 65.7 Å². The van der Waals surface area contributed by atoms with Crippen LogP contribution in [0.4, 0.5) is 0 Å². The molecule has 0 heterocycles. The third-order valence-electron chi connectivity index (χ3n) is 2.94. The number of hydrogen-bond acceptors (Lipinski definition) is 4. The molecule has 2 rings (SSSR count). The Hall–Kier alpha value is -1.88. The van der Waals surface area contributed by atoms with Gasteiger partial charge >= 0.3 is 0 Å². The van der Waals surface area contributed by atoms with Gasteiger partial charge in [-0.25, -0.2) is 0 Å². The lowest BCUT2D eigenvalue weighted by Crippen LogP contribution is -2.17. The summed E-state index contributed by atoms with van der Waals surface area (Å²) in [5.41, 5.74) is 5.19. The van der Waals surface area contributed by atoms with Gasteiger partial charge in [-0.15, -0.1) is 0 Å². The van der Waals surface area contributed by atoms with Crippen LogP contribution in [0.5, 0.6) is 5.75 Å². The molecule has 0 atom stereocenters. The fourth-order valence-electron chi connectivity index (χ4n) is 1.78. The molecule has 0 aliphatic carbocycles. The van der Waals surface area contributed by atoms with Crippen LogP contribution in [0.3, 0.4) is 0 Å². The highest BCUT2D eigenvalue weighted by atomic mass is 16.7. The van der Waals surface area contributed by atoms with E-state index in [9.17, 15) is 0 Å². The van der Waals surface area contributed by atoms with Gasteiger partial charge in [0.25, 0.3) is 0 Å². The Bertz CT molecular complexity index is 499. The van der Waals surface area contributed by atoms with Crippen LogP contribution in [0.15, 0.2) is 54.6 Å². The Kier molecular flexibility index (Phi) is 6.74. The largest absolute Gasteiger partial charge is 0.489 e. The minimum atomic E-state index is 0.536. The zero-order chi connectivity index (χ0) is 14.8. The van der Waals surface area contributed by atoms with Gasteiger partial charge in [-0.1, -0.05) is 42.5 Å². The van der Waals surface area contributed by atoms with Gasteiger partial charge in [0.1, 0.15) is 12.4 Å². The van der Waals surface area contributed by atoms with Gasteiger partial charge in [0, 0.05) is 13.7 Å². The third-order valence-corrected chi connectivity index (χ3v) is 2.94. The van der Waals surface area contributed by atoms with E-state index in [1.807, 2.05) is 42.5 Å². The summed E-state index contributed by atoms with van der Waals surface area (Å²) in [7, 11) is 1.65. The predicted molar refractivity (Wildman–Crippen MR) is 81.9 cm³/mol. The fraction of sp³-hybridized carbons (Fsp3) is 0.294. The molecule has 0 fully saturated rings. The summed E-state index contributed by atoms with van der Waals surface area (Å²) < 4.78 is 10.6.